The van der Waals surface area contributed by atoms with E-state index in [1.54, 1.807) is 13.0 Å². The Morgan fingerprint density at radius 2 is 2.42 bits per heavy atom. The molecule has 0 amide bonds. The first kappa shape index (κ1) is 13.5. The maximum Gasteiger partial charge on any atom is 0.332 e. The van der Waals surface area contributed by atoms with E-state index in [2.05, 4.69) is 5.32 Å². The zero-order valence-electron chi connectivity index (χ0n) is 10.8. The number of nitrogens with one attached hydrogen (secondary N) is 1. The summed E-state index contributed by atoms with van der Waals surface area (Å²) in [5, 5.41) is 3.19. The Balaban J connectivity index is 1.87. The summed E-state index contributed by atoms with van der Waals surface area (Å²) in [6.45, 7) is 2.98. The van der Waals surface area contributed by atoms with E-state index in [4.69, 9.17) is 19.9 Å². The predicted molar refractivity (Wildman–Crippen MR) is 71.2 cm³/mol. The highest BCUT2D eigenvalue weighted by Gasteiger charge is 2.18. The molecule has 1 aromatic carbocycles. The molecule has 1 aromatic rings. The molecule has 0 aliphatic carbocycles. The number of rotatable bonds is 4. The SMILES string of the molecule is CCOC(=O)CO[C@H]1CNc2cc(N)ccc2OC1. The van der Waals surface area contributed by atoms with Crippen molar-refractivity contribution in [3.05, 3.63) is 18.2 Å². The van der Waals surface area contributed by atoms with Crippen LogP contribution in [-0.4, -0.2) is 38.4 Å². The average molecular weight is 266 g/mol. The lowest BCUT2D eigenvalue weighted by Gasteiger charge is -2.14. The van der Waals surface area contributed by atoms with Crippen LogP contribution in [-0.2, 0) is 14.3 Å². The van der Waals surface area contributed by atoms with Crippen molar-refractivity contribution < 1.29 is 19.0 Å². The summed E-state index contributed by atoms with van der Waals surface area (Å²) in [6.07, 6.45) is -0.210. The zero-order valence-corrected chi connectivity index (χ0v) is 10.8. The normalized spacial score (nSPS) is 17.6. The summed E-state index contributed by atoms with van der Waals surface area (Å²) in [7, 11) is 0. The van der Waals surface area contributed by atoms with Crippen LogP contribution in [0.2, 0.25) is 0 Å². The van der Waals surface area contributed by atoms with E-state index in [0.717, 1.165) is 11.4 Å². The second kappa shape index (κ2) is 6.29. The first-order valence-corrected chi connectivity index (χ1v) is 6.22. The van der Waals surface area contributed by atoms with E-state index in [-0.39, 0.29) is 18.7 Å². The van der Waals surface area contributed by atoms with Crippen LogP contribution in [0, 0.1) is 0 Å². The van der Waals surface area contributed by atoms with Gasteiger partial charge in [0.25, 0.3) is 0 Å². The Hall–Kier alpha value is -1.95. The molecule has 0 fully saturated rings. The first-order valence-electron chi connectivity index (χ1n) is 6.22. The van der Waals surface area contributed by atoms with Crippen LogP contribution >= 0.6 is 0 Å². The lowest BCUT2D eigenvalue weighted by atomic mass is 10.2. The van der Waals surface area contributed by atoms with Crippen LogP contribution in [0.15, 0.2) is 18.2 Å². The second-order valence-corrected chi connectivity index (χ2v) is 4.19. The number of carbonyl (C=O) groups is 1. The molecular weight excluding hydrogens is 248 g/mol. The maximum atomic E-state index is 11.2. The number of hydrogen-bond acceptors (Lipinski definition) is 6. The molecule has 2 rings (SSSR count). The van der Waals surface area contributed by atoms with Crippen molar-refractivity contribution in [2.24, 2.45) is 0 Å². The number of carbonyl (C=O) groups excluding carboxylic acids is 1. The monoisotopic (exact) mass is 266 g/mol. The maximum absolute atomic E-state index is 11.2. The van der Waals surface area contributed by atoms with Crippen molar-refractivity contribution in [3.8, 4) is 5.75 Å². The smallest absolute Gasteiger partial charge is 0.332 e. The van der Waals surface area contributed by atoms with Crippen molar-refractivity contribution in [2.75, 3.05) is 37.4 Å². The lowest BCUT2D eigenvalue weighted by Crippen LogP contribution is -2.30. The largest absolute Gasteiger partial charge is 0.489 e. The van der Waals surface area contributed by atoms with E-state index >= 15 is 0 Å². The van der Waals surface area contributed by atoms with Crippen LogP contribution in [0.25, 0.3) is 0 Å². The van der Waals surface area contributed by atoms with Gasteiger partial charge < -0.3 is 25.3 Å². The Kier molecular flexibility index (Phi) is 4.46. The molecule has 0 radical (unpaired) electrons. The van der Waals surface area contributed by atoms with E-state index in [0.29, 0.717) is 25.4 Å². The van der Waals surface area contributed by atoms with Gasteiger partial charge in [0.2, 0.25) is 0 Å². The van der Waals surface area contributed by atoms with Crippen molar-refractivity contribution in [3.63, 3.8) is 0 Å². The Morgan fingerprint density at radius 1 is 1.58 bits per heavy atom. The fourth-order valence-corrected chi connectivity index (χ4v) is 1.77. The fraction of sp³-hybridized carbons (Fsp3) is 0.462. The first-order chi connectivity index (χ1) is 9.19. The van der Waals surface area contributed by atoms with Gasteiger partial charge in [-0.25, -0.2) is 4.79 Å². The number of nitrogens with two attached hydrogens (primary N) is 1. The molecule has 0 unspecified atom stereocenters. The Labute approximate surface area is 111 Å². The van der Waals surface area contributed by atoms with Crippen LogP contribution in [0.3, 0.4) is 0 Å². The molecule has 0 aromatic heterocycles. The molecule has 1 heterocycles. The number of nitrogen functional groups attached to an aromatic ring is 1. The van der Waals surface area contributed by atoms with Crippen LogP contribution in [0.1, 0.15) is 6.92 Å². The van der Waals surface area contributed by atoms with E-state index in [1.165, 1.54) is 0 Å². The van der Waals surface area contributed by atoms with Gasteiger partial charge in [0.1, 0.15) is 25.1 Å². The number of fused-ring (bicyclic) bond motifs is 1. The summed E-state index contributed by atoms with van der Waals surface area (Å²) in [5.41, 5.74) is 7.21. The number of hydrogen-bond donors (Lipinski definition) is 2. The molecule has 1 aliphatic rings. The second-order valence-electron chi connectivity index (χ2n) is 4.19. The van der Waals surface area contributed by atoms with Crippen molar-refractivity contribution in [2.45, 2.75) is 13.0 Å². The Bertz CT molecular complexity index is 450. The molecule has 1 aliphatic heterocycles. The van der Waals surface area contributed by atoms with Gasteiger partial charge in [-0.15, -0.1) is 0 Å². The van der Waals surface area contributed by atoms with Crippen molar-refractivity contribution >= 4 is 17.3 Å². The molecule has 0 spiro atoms. The predicted octanol–water partition coefficient (Wildman–Crippen LogP) is 1.02. The minimum Gasteiger partial charge on any atom is -0.489 e. The number of esters is 1. The van der Waals surface area contributed by atoms with Gasteiger partial charge in [-0.2, -0.15) is 0 Å². The van der Waals surface area contributed by atoms with Gasteiger partial charge in [-0.3, -0.25) is 0 Å². The third kappa shape index (κ3) is 3.75. The lowest BCUT2D eigenvalue weighted by molar-refractivity contribution is -0.150. The number of benzene rings is 1. The van der Waals surface area contributed by atoms with Crippen molar-refractivity contribution in [1.29, 1.82) is 0 Å². The summed E-state index contributed by atoms with van der Waals surface area (Å²) in [4.78, 5) is 11.2. The molecule has 6 nitrogen and oxygen atoms in total. The van der Waals surface area contributed by atoms with Crippen LogP contribution < -0.4 is 15.8 Å². The topological polar surface area (TPSA) is 82.8 Å². The van der Waals surface area contributed by atoms with Gasteiger partial charge in [-0.1, -0.05) is 0 Å². The minimum absolute atomic E-state index is 0.0674. The van der Waals surface area contributed by atoms with Gasteiger partial charge in [-0.05, 0) is 25.1 Å². The quantitative estimate of drug-likeness (QED) is 0.625. The molecule has 6 heteroatoms. The fourth-order valence-electron chi connectivity index (χ4n) is 1.77. The molecule has 0 bridgehead atoms. The average Bonchev–Trinajstić information content (AvgIpc) is 2.59. The minimum atomic E-state index is -0.367. The zero-order chi connectivity index (χ0) is 13.7. The number of anilines is 2. The third-order valence-corrected chi connectivity index (χ3v) is 2.69. The Morgan fingerprint density at radius 3 is 3.21 bits per heavy atom. The molecule has 1 atom stereocenters. The van der Waals surface area contributed by atoms with Crippen LogP contribution in [0.5, 0.6) is 5.75 Å². The van der Waals surface area contributed by atoms with Gasteiger partial charge in [0.15, 0.2) is 0 Å². The number of ether oxygens (including phenoxy) is 3. The third-order valence-electron chi connectivity index (χ3n) is 2.69. The molecule has 19 heavy (non-hydrogen) atoms. The molecule has 0 saturated heterocycles. The van der Waals surface area contributed by atoms with Crippen molar-refractivity contribution in [1.82, 2.24) is 0 Å². The summed E-state index contributed by atoms with van der Waals surface area (Å²) in [5.74, 6) is 0.366. The molecular formula is C13H18N2O4. The molecule has 104 valence electrons. The van der Waals surface area contributed by atoms with E-state index in [1.807, 2.05) is 12.1 Å². The highest BCUT2D eigenvalue weighted by molar-refractivity contribution is 5.70. The van der Waals surface area contributed by atoms with E-state index in [9.17, 15) is 4.79 Å². The molecule has 3 N–H and O–H groups in total. The van der Waals surface area contributed by atoms with Gasteiger partial charge in [0, 0.05) is 12.2 Å². The standard InChI is InChI=1S/C13H18N2O4/c1-2-17-13(16)8-18-10-6-15-11-5-9(14)3-4-12(11)19-7-10/h3-5,10,15H,2,6-8,14H2,1H3/t10-/m0/s1. The molecule has 0 saturated carbocycles. The van der Waals surface area contributed by atoms with E-state index < -0.39 is 0 Å². The summed E-state index contributed by atoms with van der Waals surface area (Å²) < 4.78 is 15.9. The summed E-state index contributed by atoms with van der Waals surface area (Å²) in [6, 6.07) is 5.40. The van der Waals surface area contributed by atoms with Gasteiger partial charge >= 0.3 is 5.97 Å². The van der Waals surface area contributed by atoms with Gasteiger partial charge in [0.05, 0.1) is 12.3 Å². The highest BCUT2D eigenvalue weighted by Crippen LogP contribution is 2.28. The highest BCUT2D eigenvalue weighted by atomic mass is 16.6. The summed E-state index contributed by atoms with van der Waals surface area (Å²) >= 11 is 0. The van der Waals surface area contributed by atoms with Crippen LogP contribution in [0.4, 0.5) is 11.4 Å².